The summed E-state index contributed by atoms with van der Waals surface area (Å²) in [5, 5.41) is 28.4. The highest BCUT2D eigenvalue weighted by atomic mass is 16.5. The predicted molar refractivity (Wildman–Crippen MR) is 139 cm³/mol. The van der Waals surface area contributed by atoms with Crippen LogP contribution in [0.4, 0.5) is 0 Å². The number of aromatic nitrogens is 3. The van der Waals surface area contributed by atoms with E-state index in [4.69, 9.17) is 9.26 Å². The Morgan fingerprint density at radius 2 is 1.90 bits per heavy atom. The van der Waals surface area contributed by atoms with Gasteiger partial charge in [-0.2, -0.15) is 4.98 Å². The molecule has 2 aromatic heterocycles. The minimum Gasteiger partial charge on any atom is -0.507 e. The fourth-order valence-electron chi connectivity index (χ4n) is 5.01. The van der Waals surface area contributed by atoms with Crippen molar-refractivity contribution in [2.45, 2.75) is 46.1 Å². The van der Waals surface area contributed by atoms with E-state index in [-0.39, 0.29) is 64.1 Å². The summed E-state index contributed by atoms with van der Waals surface area (Å²) in [7, 11) is 0. The Morgan fingerprint density at radius 1 is 1.15 bits per heavy atom. The first-order valence-electron chi connectivity index (χ1n) is 12.5. The van der Waals surface area contributed by atoms with Crippen LogP contribution in [0.2, 0.25) is 0 Å². The van der Waals surface area contributed by atoms with Crippen LogP contribution < -0.4 is 15.6 Å². The number of carbonyl (C=O) groups is 3. The molecule has 206 valence electrons. The number of nitrogens with one attached hydrogen (secondary N) is 1. The monoisotopic (exact) mass is 546 g/mol. The molecule has 5 rings (SSSR count). The van der Waals surface area contributed by atoms with Gasteiger partial charge < -0.3 is 29.4 Å². The molecule has 40 heavy (non-hydrogen) atoms. The molecule has 0 bridgehead atoms. The van der Waals surface area contributed by atoms with Crippen LogP contribution in [0.3, 0.4) is 0 Å². The van der Waals surface area contributed by atoms with E-state index in [0.29, 0.717) is 17.9 Å². The maximum atomic E-state index is 13.8. The van der Waals surface area contributed by atoms with E-state index in [2.05, 4.69) is 15.5 Å². The first-order chi connectivity index (χ1) is 18.9. The van der Waals surface area contributed by atoms with Crippen molar-refractivity contribution in [2.24, 2.45) is 0 Å². The third-order valence-electron chi connectivity index (χ3n) is 7.21. The third kappa shape index (κ3) is 4.08. The second-order valence-electron chi connectivity index (χ2n) is 9.83. The summed E-state index contributed by atoms with van der Waals surface area (Å²) in [4.78, 5) is 55.4. The quantitative estimate of drug-likeness (QED) is 0.225. The van der Waals surface area contributed by atoms with Gasteiger partial charge >= 0.3 is 0 Å². The van der Waals surface area contributed by atoms with Gasteiger partial charge in [0.1, 0.15) is 40.5 Å². The van der Waals surface area contributed by atoms with Crippen molar-refractivity contribution in [3.05, 3.63) is 86.3 Å². The van der Waals surface area contributed by atoms with Crippen molar-refractivity contribution in [1.82, 2.24) is 20.0 Å². The third-order valence-corrected chi connectivity index (χ3v) is 7.21. The molecule has 3 aromatic rings. The number of hydrogen-bond donors (Lipinski definition) is 3. The lowest BCUT2D eigenvalue weighted by molar-refractivity contribution is -0.123. The summed E-state index contributed by atoms with van der Waals surface area (Å²) >= 11 is 0. The van der Waals surface area contributed by atoms with Crippen LogP contribution >= 0.6 is 0 Å². The first kappa shape index (κ1) is 26.6. The Labute approximate surface area is 227 Å². The molecule has 0 spiro atoms. The van der Waals surface area contributed by atoms with Gasteiger partial charge in [0, 0.05) is 42.6 Å². The van der Waals surface area contributed by atoms with Crippen LogP contribution in [0.25, 0.3) is 0 Å². The maximum Gasteiger partial charge on any atom is 0.250 e. The van der Waals surface area contributed by atoms with Gasteiger partial charge in [-0.3, -0.25) is 19.2 Å². The molecule has 12 nitrogen and oxygen atoms in total. The molecule has 3 N–H and O–H groups in total. The zero-order chi connectivity index (χ0) is 28.9. The number of Topliss-reactive ketones (excluding diaryl/α,β-unsaturated/α-hetero) is 2. The van der Waals surface area contributed by atoms with Crippen LogP contribution in [-0.4, -0.2) is 48.8 Å². The van der Waals surface area contributed by atoms with E-state index in [1.54, 1.807) is 25.3 Å². The number of phenolic OH excluding ortho intramolecular Hbond substituents is 2. The van der Waals surface area contributed by atoms with Gasteiger partial charge in [-0.1, -0.05) is 11.2 Å². The molecule has 0 saturated carbocycles. The molecule has 0 saturated heterocycles. The molecular formula is C28H26N4O8. The molecule has 1 aromatic carbocycles. The van der Waals surface area contributed by atoms with E-state index >= 15 is 0 Å². The lowest BCUT2D eigenvalue weighted by Crippen LogP contribution is -2.41. The van der Waals surface area contributed by atoms with Gasteiger partial charge in [0.25, 0.3) is 5.56 Å². The summed E-state index contributed by atoms with van der Waals surface area (Å²) in [5.41, 5.74) is -1.75. The van der Waals surface area contributed by atoms with Crippen molar-refractivity contribution in [3.8, 4) is 17.2 Å². The van der Waals surface area contributed by atoms with Gasteiger partial charge in [-0.05, 0) is 33.8 Å². The van der Waals surface area contributed by atoms with Crippen molar-refractivity contribution in [1.29, 1.82) is 0 Å². The van der Waals surface area contributed by atoms with Crippen LogP contribution in [0, 0.1) is 6.92 Å². The Hall–Kier alpha value is -5.00. The Bertz CT molecular complexity index is 1730. The minimum absolute atomic E-state index is 0.0247. The summed E-state index contributed by atoms with van der Waals surface area (Å²) < 4.78 is 12.4. The molecule has 0 radical (unpaired) electrons. The van der Waals surface area contributed by atoms with E-state index in [1.807, 2.05) is 0 Å². The van der Waals surface area contributed by atoms with Gasteiger partial charge in [0.05, 0.1) is 11.1 Å². The van der Waals surface area contributed by atoms with Crippen molar-refractivity contribution < 1.29 is 33.9 Å². The minimum atomic E-state index is -1.59. The number of aromatic hydroxyl groups is 2. The Balaban J connectivity index is 1.38. The molecule has 0 fully saturated rings. The number of phenols is 2. The number of ketones is 3. The molecule has 12 heteroatoms. The largest absolute Gasteiger partial charge is 0.507 e. The Morgan fingerprint density at radius 3 is 2.60 bits per heavy atom. The maximum absolute atomic E-state index is 13.8. The van der Waals surface area contributed by atoms with Crippen LogP contribution in [0.1, 0.15) is 54.0 Å². The SMILES string of the molecule is CC(=O)c1c(O)c(C)c(O)c2c1OC1=CC(=O)C(=C(C)NCCc3noc(Cn4ccccc4=O)n3)C(=O)[C@@]12C. The van der Waals surface area contributed by atoms with Gasteiger partial charge in [0.15, 0.2) is 23.2 Å². The summed E-state index contributed by atoms with van der Waals surface area (Å²) in [6.45, 7) is 6.12. The fraction of sp³-hybridized carbons (Fsp3) is 0.286. The molecule has 1 aliphatic heterocycles. The van der Waals surface area contributed by atoms with Crippen molar-refractivity contribution >= 4 is 17.3 Å². The summed E-state index contributed by atoms with van der Waals surface area (Å²) in [6, 6.07) is 4.78. The molecule has 0 unspecified atom stereocenters. The molecule has 1 atom stereocenters. The topological polar surface area (TPSA) is 174 Å². The van der Waals surface area contributed by atoms with Gasteiger partial charge in [-0.25, -0.2) is 0 Å². The number of fused-ring (bicyclic) bond motifs is 3. The molecule has 3 heterocycles. The fourth-order valence-corrected chi connectivity index (χ4v) is 5.01. The highest BCUT2D eigenvalue weighted by Crippen LogP contribution is 2.57. The zero-order valence-electron chi connectivity index (χ0n) is 22.2. The Kier molecular flexibility index (Phi) is 6.41. The number of nitrogens with zero attached hydrogens (tertiary/aromatic N) is 3. The van der Waals surface area contributed by atoms with Crippen molar-refractivity contribution in [2.75, 3.05) is 6.54 Å². The summed E-state index contributed by atoms with van der Waals surface area (Å²) in [5.74, 6) is -2.12. The number of benzene rings is 1. The van der Waals surface area contributed by atoms with Gasteiger partial charge in [0.2, 0.25) is 5.89 Å². The van der Waals surface area contributed by atoms with E-state index in [9.17, 15) is 29.4 Å². The number of hydrogen-bond acceptors (Lipinski definition) is 11. The zero-order valence-corrected chi connectivity index (χ0v) is 22.2. The lowest BCUT2D eigenvalue weighted by atomic mass is 9.70. The van der Waals surface area contributed by atoms with Gasteiger partial charge in [-0.15, -0.1) is 0 Å². The molecule has 1 aliphatic carbocycles. The van der Waals surface area contributed by atoms with E-state index in [1.165, 1.54) is 31.4 Å². The highest BCUT2D eigenvalue weighted by molar-refractivity contribution is 6.31. The van der Waals surface area contributed by atoms with E-state index in [0.717, 1.165) is 6.08 Å². The standard InChI is InChI=1S/C28H26N4O8/c1-13-24(36)22(15(3)33)26-23(25(13)37)28(4)17(39-26)11-16(34)21(27(28)38)14(2)29-9-8-18-30-19(40-31-18)12-32-10-6-5-7-20(32)35/h5-7,10-11,29,36-37H,8-9,12H2,1-4H3/t28-/m0/s1. The summed E-state index contributed by atoms with van der Waals surface area (Å²) in [6.07, 6.45) is 3.07. The number of rotatable bonds is 7. The van der Waals surface area contributed by atoms with Crippen LogP contribution in [0.15, 0.2) is 56.8 Å². The normalized spacial score (nSPS) is 19.1. The van der Waals surface area contributed by atoms with Crippen LogP contribution in [0.5, 0.6) is 17.2 Å². The molecular weight excluding hydrogens is 520 g/mol. The number of allylic oxidation sites excluding steroid dienone is 4. The second-order valence-corrected chi connectivity index (χ2v) is 9.83. The predicted octanol–water partition coefficient (Wildman–Crippen LogP) is 1.99. The molecule has 2 aliphatic rings. The number of carbonyl (C=O) groups excluding carboxylic acids is 3. The molecule has 0 amide bonds. The second kappa shape index (κ2) is 9.63. The van der Waals surface area contributed by atoms with Crippen molar-refractivity contribution in [3.63, 3.8) is 0 Å². The number of pyridine rings is 1. The lowest BCUT2D eigenvalue weighted by Gasteiger charge is -2.29. The first-order valence-corrected chi connectivity index (χ1v) is 12.5. The van der Waals surface area contributed by atoms with E-state index < -0.39 is 28.5 Å². The highest BCUT2D eigenvalue weighted by Gasteiger charge is 2.56. The van der Waals surface area contributed by atoms with Crippen LogP contribution in [-0.2, 0) is 28.0 Å². The average Bonchev–Trinajstić information content (AvgIpc) is 3.46. The average molecular weight is 547 g/mol. The number of ether oxygens (including phenoxy) is 1. The smallest absolute Gasteiger partial charge is 0.250 e.